The van der Waals surface area contributed by atoms with Gasteiger partial charge in [-0.15, -0.1) is 5.10 Å². The Hall–Kier alpha value is -2.23. The summed E-state index contributed by atoms with van der Waals surface area (Å²) < 4.78 is 3.66. The molecule has 20 heavy (non-hydrogen) atoms. The summed E-state index contributed by atoms with van der Waals surface area (Å²) in [4.78, 5) is 12.4. The number of carbonyl (C=O) groups is 1. The monoisotopic (exact) mass is 287 g/mol. The standard InChI is InChI=1S/C14H13N3O2S/c1-10-8-11(4-2-3-7-18)5-6-12(10)16-14(19)13-9-15-17-20-13/h5-6,8-9,18H,3,7H2,1H3,(H,16,19). The fourth-order valence-corrected chi connectivity index (χ4v) is 1.96. The van der Waals surface area contributed by atoms with E-state index in [9.17, 15) is 4.79 Å². The number of aliphatic hydroxyl groups excluding tert-OH is 1. The molecule has 2 N–H and O–H groups in total. The minimum Gasteiger partial charge on any atom is -0.395 e. The van der Waals surface area contributed by atoms with E-state index in [-0.39, 0.29) is 12.5 Å². The molecule has 0 bridgehead atoms. The summed E-state index contributed by atoms with van der Waals surface area (Å²) in [7, 11) is 0. The van der Waals surface area contributed by atoms with Gasteiger partial charge in [-0.1, -0.05) is 16.3 Å². The Kier molecular flexibility index (Phi) is 4.82. The fraction of sp³-hybridized carbons (Fsp3) is 0.214. The fourth-order valence-electron chi connectivity index (χ4n) is 1.55. The molecule has 2 aromatic rings. The number of anilines is 1. The summed E-state index contributed by atoms with van der Waals surface area (Å²) >= 11 is 1.05. The molecule has 0 spiro atoms. The Balaban J connectivity index is 2.11. The molecule has 0 aliphatic heterocycles. The van der Waals surface area contributed by atoms with Crippen LogP contribution >= 0.6 is 11.5 Å². The Morgan fingerprint density at radius 1 is 1.50 bits per heavy atom. The van der Waals surface area contributed by atoms with E-state index in [1.807, 2.05) is 25.1 Å². The van der Waals surface area contributed by atoms with Gasteiger partial charge >= 0.3 is 0 Å². The van der Waals surface area contributed by atoms with Gasteiger partial charge in [0.25, 0.3) is 5.91 Å². The smallest absolute Gasteiger partial charge is 0.269 e. The van der Waals surface area contributed by atoms with Crippen LogP contribution < -0.4 is 5.32 Å². The number of hydrogen-bond acceptors (Lipinski definition) is 5. The van der Waals surface area contributed by atoms with Crippen molar-refractivity contribution in [2.45, 2.75) is 13.3 Å². The highest BCUT2D eigenvalue weighted by atomic mass is 32.1. The van der Waals surface area contributed by atoms with Crippen molar-refractivity contribution in [2.75, 3.05) is 11.9 Å². The Labute approximate surface area is 120 Å². The highest BCUT2D eigenvalue weighted by Crippen LogP contribution is 2.17. The van der Waals surface area contributed by atoms with Crippen molar-refractivity contribution < 1.29 is 9.90 Å². The summed E-state index contributed by atoms with van der Waals surface area (Å²) in [5.74, 6) is 5.59. The average molecular weight is 287 g/mol. The van der Waals surface area contributed by atoms with Crippen LogP contribution in [0.4, 0.5) is 5.69 Å². The Bertz CT molecular complexity index is 657. The predicted octanol–water partition coefficient (Wildman–Crippen LogP) is 1.83. The zero-order valence-electron chi connectivity index (χ0n) is 10.9. The third-order valence-electron chi connectivity index (χ3n) is 2.53. The molecular formula is C14H13N3O2S. The number of carbonyl (C=O) groups excluding carboxylic acids is 1. The van der Waals surface area contributed by atoms with Gasteiger partial charge in [0.05, 0.1) is 12.8 Å². The van der Waals surface area contributed by atoms with E-state index >= 15 is 0 Å². The first-order valence-corrected chi connectivity index (χ1v) is 6.77. The van der Waals surface area contributed by atoms with Crippen LogP contribution in [-0.2, 0) is 0 Å². The lowest BCUT2D eigenvalue weighted by atomic mass is 10.1. The van der Waals surface area contributed by atoms with Gasteiger partial charge in [0.2, 0.25) is 0 Å². The second-order valence-electron chi connectivity index (χ2n) is 4.04. The molecule has 0 fully saturated rings. The van der Waals surface area contributed by atoms with Crippen LogP contribution in [0, 0.1) is 18.8 Å². The molecule has 1 heterocycles. The van der Waals surface area contributed by atoms with E-state index in [0.29, 0.717) is 11.3 Å². The van der Waals surface area contributed by atoms with Crippen molar-refractivity contribution in [3.8, 4) is 11.8 Å². The van der Waals surface area contributed by atoms with Crippen molar-refractivity contribution in [2.24, 2.45) is 0 Å². The Morgan fingerprint density at radius 3 is 3.00 bits per heavy atom. The number of aryl methyl sites for hydroxylation is 1. The van der Waals surface area contributed by atoms with E-state index in [2.05, 4.69) is 26.7 Å². The van der Waals surface area contributed by atoms with E-state index in [1.54, 1.807) is 0 Å². The van der Waals surface area contributed by atoms with Gasteiger partial charge in [0.15, 0.2) is 0 Å². The molecule has 0 aliphatic carbocycles. The van der Waals surface area contributed by atoms with Crippen LogP contribution in [0.5, 0.6) is 0 Å². The molecule has 0 saturated carbocycles. The SMILES string of the molecule is Cc1cc(C#CCCO)ccc1NC(=O)c1cnns1. The van der Waals surface area contributed by atoms with E-state index in [4.69, 9.17) is 5.11 Å². The molecule has 0 radical (unpaired) electrons. The summed E-state index contributed by atoms with van der Waals surface area (Å²) in [5, 5.41) is 15.1. The predicted molar refractivity (Wildman–Crippen MR) is 77.6 cm³/mol. The Morgan fingerprint density at radius 2 is 2.35 bits per heavy atom. The minimum absolute atomic E-state index is 0.0585. The molecule has 102 valence electrons. The van der Waals surface area contributed by atoms with Crippen molar-refractivity contribution >= 4 is 23.1 Å². The first kappa shape index (κ1) is 14.2. The van der Waals surface area contributed by atoms with Gasteiger partial charge in [-0.25, -0.2) is 0 Å². The number of aliphatic hydroxyl groups is 1. The molecule has 1 amide bonds. The zero-order valence-corrected chi connectivity index (χ0v) is 11.7. The second-order valence-corrected chi connectivity index (χ2v) is 4.83. The average Bonchev–Trinajstić information content (AvgIpc) is 2.96. The second kappa shape index (κ2) is 6.80. The van der Waals surface area contributed by atoms with Crippen LogP contribution in [0.25, 0.3) is 0 Å². The van der Waals surface area contributed by atoms with E-state index in [0.717, 1.165) is 28.3 Å². The summed E-state index contributed by atoms with van der Waals surface area (Å²) in [6.45, 7) is 1.96. The molecule has 6 heteroatoms. The number of nitrogens with zero attached hydrogens (tertiary/aromatic N) is 2. The summed E-state index contributed by atoms with van der Waals surface area (Å²) in [6, 6.07) is 5.54. The molecule has 0 atom stereocenters. The summed E-state index contributed by atoms with van der Waals surface area (Å²) in [5.41, 5.74) is 2.51. The van der Waals surface area contributed by atoms with Crippen LogP contribution in [-0.4, -0.2) is 27.2 Å². The maximum Gasteiger partial charge on any atom is 0.269 e. The van der Waals surface area contributed by atoms with Gasteiger partial charge in [0, 0.05) is 17.7 Å². The maximum absolute atomic E-state index is 11.9. The molecule has 0 aliphatic rings. The lowest BCUT2D eigenvalue weighted by molar-refractivity contribution is 0.103. The van der Waals surface area contributed by atoms with E-state index < -0.39 is 0 Å². The number of hydrogen-bond donors (Lipinski definition) is 2. The largest absolute Gasteiger partial charge is 0.395 e. The highest BCUT2D eigenvalue weighted by Gasteiger charge is 2.09. The third kappa shape index (κ3) is 3.63. The van der Waals surface area contributed by atoms with Crippen LogP contribution in [0.3, 0.4) is 0 Å². The molecule has 5 nitrogen and oxygen atoms in total. The number of aromatic nitrogens is 2. The number of rotatable bonds is 3. The molecular weight excluding hydrogens is 274 g/mol. The number of amides is 1. The quantitative estimate of drug-likeness (QED) is 0.845. The third-order valence-corrected chi connectivity index (χ3v) is 3.19. The van der Waals surface area contributed by atoms with Crippen molar-refractivity contribution in [1.29, 1.82) is 0 Å². The highest BCUT2D eigenvalue weighted by molar-refractivity contribution is 7.07. The molecule has 0 unspecified atom stereocenters. The maximum atomic E-state index is 11.9. The number of benzene rings is 1. The van der Waals surface area contributed by atoms with Crippen LogP contribution in [0.15, 0.2) is 24.4 Å². The first-order valence-electron chi connectivity index (χ1n) is 6.00. The van der Waals surface area contributed by atoms with Gasteiger partial charge in [0.1, 0.15) is 4.88 Å². The van der Waals surface area contributed by atoms with Gasteiger partial charge in [-0.2, -0.15) is 0 Å². The van der Waals surface area contributed by atoms with Crippen LogP contribution in [0.2, 0.25) is 0 Å². The van der Waals surface area contributed by atoms with Crippen molar-refractivity contribution in [3.63, 3.8) is 0 Å². The van der Waals surface area contributed by atoms with Crippen molar-refractivity contribution in [1.82, 2.24) is 9.59 Å². The first-order chi connectivity index (χ1) is 9.70. The topological polar surface area (TPSA) is 75.1 Å². The van der Waals surface area contributed by atoms with Gasteiger partial charge in [-0.3, -0.25) is 4.79 Å². The van der Waals surface area contributed by atoms with E-state index in [1.165, 1.54) is 6.20 Å². The molecule has 2 rings (SSSR count). The van der Waals surface area contributed by atoms with Crippen molar-refractivity contribution in [3.05, 3.63) is 40.4 Å². The lowest BCUT2D eigenvalue weighted by Crippen LogP contribution is -2.11. The lowest BCUT2D eigenvalue weighted by Gasteiger charge is -2.07. The van der Waals surface area contributed by atoms with Gasteiger partial charge < -0.3 is 10.4 Å². The van der Waals surface area contributed by atoms with Crippen LogP contribution in [0.1, 0.15) is 27.2 Å². The molecule has 1 aromatic heterocycles. The minimum atomic E-state index is -0.220. The normalized spacial score (nSPS) is 9.70. The van der Waals surface area contributed by atoms with Gasteiger partial charge in [-0.05, 0) is 42.2 Å². The zero-order chi connectivity index (χ0) is 14.4. The molecule has 1 aromatic carbocycles. The summed E-state index contributed by atoms with van der Waals surface area (Å²) in [6.07, 6.45) is 1.89. The molecule has 0 saturated heterocycles. The number of nitrogens with one attached hydrogen (secondary N) is 1.